The van der Waals surface area contributed by atoms with E-state index in [9.17, 15) is 9.90 Å². The third kappa shape index (κ3) is 7.39. The Morgan fingerprint density at radius 3 is 2.58 bits per heavy atom. The number of hydrogen-bond donors (Lipinski definition) is 1. The first-order valence-corrected chi connectivity index (χ1v) is 11.1. The van der Waals surface area contributed by atoms with Gasteiger partial charge in [-0.1, -0.05) is 60.6 Å². The predicted octanol–water partition coefficient (Wildman–Crippen LogP) is 6.59. The Labute approximate surface area is 199 Å². The van der Waals surface area contributed by atoms with Gasteiger partial charge in [0.25, 0.3) is 0 Å². The maximum Gasteiger partial charge on any atom is 0.410 e. The molecular weight excluding hydrogens is 440 g/mol. The van der Waals surface area contributed by atoms with Crippen LogP contribution in [0.5, 0.6) is 0 Å². The lowest BCUT2D eigenvalue weighted by atomic mass is 10.0. The molecule has 0 aliphatic carbocycles. The van der Waals surface area contributed by atoms with Crippen LogP contribution in [0.2, 0.25) is 5.02 Å². The van der Waals surface area contributed by atoms with Gasteiger partial charge in [0.2, 0.25) is 0 Å². The highest BCUT2D eigenvalue weighted by atomic mass is 35.5. The Bertz CT molecular complexity index is 1100. The third-order valence-corrected chi connectivity index (χ3v) is 5.03. The van der Waals surface area contributed by atoms with Gasteiger partial charge in [-0.2, -0.15) is 0 Å². The van der Waals surface area contributed by atoms with Crippen LogP contribution in [-0.2, 0) is 24.1 Å². The molecule has 0 radical (unpaired) electrons. The molecule has 0 unspecified atom stereocenters. The van der Waals surface area contributed by atoms with E-state index in [0.29, 0.717) is 36.2 Å². The summed E-state index contributed by atoms with van der Waals surface area (Å²) in [7, 11) is 0. The van der Waals surface area contributed by atoms with Crippen LogP contribution in [0, 0.1) is 0 Å². The Hall–Kier alpha value is -3.25. The van der Waals surface area contributed by atoms with Gasteiger partial charge in [0, 0.05) is 30.1 Å². The third-order valence-electron chi connectivity index (χ3n) is 4.72. The second-order valence-corrected chi connectivity index (χ2v) is 9.20. The summed E-state index contributed by atoms with van der Waals surface area (Å²) in [6.45, 7) is 9.61. The van der Waals surface area contributed by atoms with Gasteiger partial charge in [-0.3, -0.25) is 0 Å². The Kier molecular flexibility index (Phi) is 7.82. The first-order chi connectivity index (χ1) is 15.6. The van der Waals surface area contributed by atoms with Crippen LogP contribution in [0.1, 0.15) is 38.0 Å². The molecule has 2 aromatic carbocycles. The van der Waals surface area contributed by atoms with E-state index in [2.05, 4.69) is 11.6 Å². The molecule has 0 atom stereocenters. The van der Waals surface area contributed by atoms with E-state index in [1.807, 2.05) is 69.3 Å². The molecule has 0 spiro atoms. The maximum atomic E-state index is 12.9. The quantitative estimate of drug-likeness (QED) is 0.377. The summed E-state index contributed by atoms with van der Waals surface area (Å²) < 4.78 is 11.2. The lowest BCUT2D eigenvalue weighted by Crippen LogP contribution is -2.37. The van der Waals surface area contributed by atoms with E-state index in [1.165, 1.54) is 0 Å². The van der Waals surface area contributed by atoms with Crippen LogP contribution in [0.15, 0.2) is 71.5 Å². The Morgan fingerprint density at radius 2 is 1.94 bits per heavy atom. The Morgan fingerprint density at radius 1 is 1.21 bits per heavy atom. The average Bonchev–Trinajstić information content (AvgIpc) is 3.17. The van der Waals surface area contributed by atoms with Gasteiger partial charge in [0.1, 0.15) is 11.4 Å². The second kappa shape index (κ2) is 10.6. The number of aromatic nitrogens is 1. The van der Waals surface area contributed by atoms with Crippen molar-refractivity contribution in [3.8, 4) is 11.1 Å². The van der Waals surface area contributed by atoms with Crippen LogP contribution in [0.25, 0.3) is 11.1 Å². The molecular formula is C26H29ClN2O4. The molecule has 1 aromatic heterocycles. The number of aliphatic hydroxyl groups is 1. The predicted molar refractivity (Wildman–Crippen MR) is 129 cm³/mol. The molecule has 1 amide bonds. The number of oxazole rings is 1. The van der Waals surface area contributed by atoms with Crippen molar-refractivity contribution in [1.29, 1.82) is 0 Å². The molecule has 6 nitrogen and oxygen atoms in total. The van der Waals surface area contributed by atoms with Crippen molar-refractivity contribution in [2.24, 2.45) is 0 Å². The van der Waals surface area contributed by atoms with Gasteiger partial charge in [-0.15, -0.1) is 0 Å². The highest BCUT2D eigenvalue weighted by Crippen LogP contribution is 2.29. The second-order valence-electron chi connectivity index (χ2n) is 8.80. The van der Waals surface area contributed by atoms with E-state index < -0.39 is 11.7 Å². The Balaban J connectivity index is 1.75. The fourth-order valence-electron chi connectivity index (χ4n) is 3.27. The van der Waals surface area contributed by atoms with Crippen molar-refractivity contribution >= 4 is 17.7 Å². The molecule has 3 rings (SSSR count). The molecule has 0 bridgehead atoms. The average molecular weight is 469 g/mol. The SMILES string of the molecule is C=C(O)Cc1cnc(CCN(Cc2ccc(-c3ccccc3)c(Cl)c2)C(=O)OC(C)(C)C)o1. The highest BCUT2D eigenvalue weighted by Gasteiger charge is 2.23. The molecule has 174 valence electrons. The number of hydrogen-bond acceptors (Lipinski definition) is 5. The minimum Gasteiger partial charge on any atom is -0.512 e. The van der Waals surface area contributed by atoms with Crippen molar-refractivity contribution < 1.29 is 19.1 Å². The number of carbonyl (C=O) groups is 1. The topological polar surface area (TPSA) is 75.8 Å². The lowest BCUT2D eigenvalue weighted by Gasteiger charge is -2.27. The van der Waals surface area contributed by atoms with E-state index >= 15 is 0 Å². The number of amides is 1. The van der Waals surface area contributed by atoms with E-state index in [0.717, 1.165) is 16.7 Å². The van der Waals surface area contributed by atoms with Crippen LogP contribution in [0.3, 0.4) is 0 Å². The number of aliphatic hydroxyl groups excluding tert-OH is 1. The summed E-state index contributed by atoms with van der Waals surface area (Å²) in [6.07, 6.45) is 1.72. The molecule has 0 saturated carbocycles. The number of carbonyl (C=O) groups excluding carboxylic acids is 1. The standard InChI is InChI=1S/C26H29ClN2O4/c1-18(30)14-21-16-28-24(32-21)12-13-29(25(31)33-26(2,3)4)17-19-10-11-22(23(27)15-19)20-8-6-5-7-9-20/h5-11,15-16,30H,1,12-14,17H2,2-4H3. The molecule has 1 heterocycles. The number of nitrogens with zero attached hydrogens (tertiary/aromatic N) is 2. The van der Waals surface area contributed by atoms with E-state index in [1.54, 1.807) is 11.1 Å². The molecule has 0 saturated heterocycles. The minimum absolute atomic E-state index is 0.00362. The molecule has 3 aromatic rings. The zero-order chi connectivity index (χ0) is 24.0. The van der Waals surface area contributed by atoms with Crippen molar-refractivity contribution in [2.45, 2.75) is 45.8 Å². The number of halogens is 1. The van der Waals surface area contributed by atoms with Crippen molar-refractivity contribution in [3.05, 3.63) is 89.3 Å². The van der Waals surface area contributed by atoms with Crippen molar-refractivity contribution in [3.63, 3.8) is 0 Å². The number of allylic oxidation sites excluding steroid dienone is 1. The zero-order valence-electron chi connectivity index (χ0n) is 19.2. The number of ether oxygens (including phenoxy) is 1. The highest BCUT2D eigenvalue weighted by molar-refractivity contribution is 6.33. The molecule has 7 heteroatoms. The van der Waals surface area contributed by atoms with Crippen LogP contribution in [-0.4, -0.2) is 33.2 Å². The van der Waals surface area contributed by atoms with Gasteiger partial charge in [-0.25, -0.2) is 9.78 Å². The van der Waals surface area contributed by atoms with Gasteiger partial charge < -0.3 is 19.2 Å². The molecule has 0 aliphatic heterocycles. The molecule has 1 N–H and O–H groups in total. The van der Waals surface area contributed by atoms with Gasteiger partial charge in [-0.05, 0) is 38.0 Å². The molecule has 33 heavy (non-hydrogen) atoms. The summed E-state index contributed by atoms with van der Waals surface area (Å²) in [5.74, 6) is 0.991. The van der Waals surface area contributed by atoms with Gasteiger partial charge in [0.15, 0.2) is 5.89 Å². The fourth-order valence-corrected chi connectivity index (χ4v) is 3.58. The normalized spacial score (nSPS) is 11.3. The zero-order valence-corrected chi connectivity index (χ0v) is 19.9. The van der Waals surface area contributed by atoms with Crippen LogP contribution in [0.4, 0.5) is 4.79 Å². The smallest absolute Gasteiger partial charge is 0.410 e. The summed E-state index contributed by atoms with van der Waals surface area (Å²) in [4.78, 5) is 18.7. The number of rotatable bonds is 8. The monoisotopic (exact) mass is 468 g/mol. The van der Waals surface area contributed by atoms with Gasteiger partial charge >= 0.3 is 6.09 Å². The van der Waals surface area contributed by atoms with E-state index in [-0.39, 0.29) is 12.2 Å². The number of benzene rings is 2. The van der Waals surface area contributed by atoms with E-state index in [4.69, 9.17) is 20.8 Å². The largest absolute Gasteiger partial charge is 0.512 e. The fraction of sp³-hybridized carbons (Fsp3) is 0.308. The lowest BCUT2D eigenvalue weighted by molar-refractivity contribution is 0.0233. The molecule has 0 aliphatic rings. The summed E-state index contributed by atoms with van der Waals surface area (Å²) in [5.41, 5.74) is 2.22. The molecule has 0 fully saturated rings. The summed E-state index contributed by atoms with van der Waals surface area (Å²) in [6, 6.07) is 15.7. The first-order valence-electron chi connectivity index (χ1n) is 10.7. The maximum absolute atomic E-state index is 12.9. The van der Waals surface area contributed by atoms with Gasteiger partial charge in [0.05, 0.1) is 18.4 Å². The van der Waals surface area contributed by atoms with Crippen LogP contribution >= 0.6 is 11.6 Å². The van der Waals surface area contributed by atoms with Crippen molar-refractivity contribution in [2.75, 3.05) is 6.54 Å². The minimum atomic E-state index is -0.623. The first kappa shape index (κ1) is 24.4. The van der Waals surface area contributed by atoms with Crippen molar-refractivity contribution in [1.82, 2.24) is 9.88 Å². The van der Waals surface area contributed by atoms with Crippen LogP contribution < -0.4 is 0 Å². The summed E-state index contributed by atoms with van der Waals surface area (Å²) >= 11 is 6.56. The summed E-state index contributed by atoms with van der Waals surface area (Å²) in [5, 5.41) is 9.95.